The number of hydrogen-bond donors (Lipinski definition) is 2. The van der Waals surface area contributed by atoms with E-state index < -0.39 is 5.91 Å². The van der Waals surface area contributed by atoms with Gasteiger partial charge in [0.05, 0.1) is 8.95 Å². The molecule has 2 rings (SSSR count). The van der Waals surface area contributed by atoms with Crippen LogP contribution in [0.5, 0.6) is 5.75 Å². The van der Waals surface area contributed by atoms with Crippen molar-refractivity contribution in [3.8, 4) is 5.75 Å². The maximum Gasteiger partial charge on any atom is 0.248 e. The topological polar surface area (TPSA) is 78.3 Å². The van der Waals surface area contributed by atoms with Gasteiger partial charge >= 0.3 is 0 Å². The molecule has 0 spiro atoms. The smallest absolute Gasteiger partial charge is 0.248 e. The summed E-state index contributed by atoms with van der Waals surface area (Å²) < 4.78 is 7.30. The van der Waals surface area contributed by atoms with Gasteiger partial charge < -0.3 is 16.2 Å². The second-order valence-electron chi connectivity index (χ2n) is 4.16. The maximum atomic E-state index is 11.0. The highest BCUT2D eigenvalue weighted by atomic mass is 79.9. The molecule has 0 heterocycles. The van der Waals surface area contributed by atoms with E-state index in [0.29, 0.717) is 23.6 Å². The van der Waals surface area contributed by atoms with Crippen LogP contribution in [-0.2, 0) is 6.61 Å². The van der Waals surface area contributed by atoms with Crippen molar-refractivity contribution in [3.05, 3.63) is 56.5 Å². The maximum absolute atomic E-state index is 11.0. The monoisotopic (exact) mass is 398 g/mol. The van der Waals surface area contributed by atoms with E-state index in [-0.39, 0.29) is 0 Å². The Hall–Kier alpha value is -1.53. The Bertz CT molecular complexity index is 619. The summed E-state index contributed by atoms with van der Waals surface area (Å²) in [5, 5.41) is 0. The SMILES string of the molecule is NC(=O)c1ccc(COc2c(Br)cc(N)cc2Br)cc1. The molecule has 0 aliphatic heterocycles. The summed E-state index contributed by atoms with van der Waals surface area (Å²) in [6.07, 6.45) is 0. The molecule has 0 fully saturated rings. The Morgan fingerprint density at radius 3 is 2.15 bits per heavy atom. The van der Waals surface area contributed by atoms with E-state index in [1.807, 2.05) is 0 Å². The third-order valence-corrected chi connectivity index (χ3v) is 3.82. The molecule has 6 heteroatoms. The average molecular weight is 400 g/mol. The zero-order valence-corrected chi connectivity index (χ0v) is 13.6. The van der Waals surface area contributed by atoms with Crippen molar-refractivity contribution in [3.63, 3.8) is 0 Å². The second kappa shape index (κ2) is 6.28. The second-order valence-corrected chi connectivity index (χ2v) is 5.87. The van der Waals surface area contributed by atoms with Gasteiger partial charge in [-0.15, -0.1) is 0 Å². The molecule has 0 atom stereocenters. The summed E-state index contributed by atoms with van der Waals surface area (Å²) >= 11 is 6.81. The van der Waals surface area contributed by atoms with Crippen LogP contribution >= 0.6 is 31.9 Å². The predicted molar refractivity (Wildman–Crippen MR) is 85.5 cm³/mol. The number of nitrogen functional groups attached to an aromatic ring is 1. The zero-order chi connectivity index (χ0) is 14.7. The molecule has 0 saturated carbocycles. The minimum atomic E-state index is -0.443. The molecule has 104 valence electrons. The molecule has 0 unspecified atom stereocenters. The fourth-order valence-electron chi connectivity index (χ4n) is 1.64. The van der Waals surface area contributed by atoms with Crippen LogP contribution in [0.15, 0.2) is 45.3 Å². The fourth-order valence-corrected chi connectivity index (χ4v) is 3.09. The number of hydrogen-bond acceptors (Lipinski definition) is 3. The van der Waals surface area contributed by atoms with Gasteiger partial charge in [-0.1, -0.05) is 12.1 Å². The number of carbonyl (C=O) groups excluding carboxylic acids is 1. The highest BCUT2D eigenvalue weighted by molar-refractivity contribution is 9.11. The van der Waals surface area contributed by atoms with Gasteiger partial charge in [0.2, 0.25) is 5.91 Å². The third-order valence-electron chi connectivity index (χ3n) is 2.64. The van der Waals surface area contributed by atoms with Gasteiger partial charge in [-0.05, 0) is 61.7 Å². The molecule has 1 amide bonds. The first-order valence-corrected chi connectivity index (χ1v) is 7.32. The molecule has 0 aliphatic carbocycles. The molecule has 0 aromatic heterocycles. The van der Waals surface area contributed by atoms with Crippen molar-refractivity contribution in [1.29, 1.82) is 0 Å². The van der Waals surface area contributed by atoms with Crippen molar-refractivity contribution in [2.75, 3.05) is 5.73 Å². The van der Waals surface area contributed by atoms with Crippen molar-refractivity contribution < 1.29 is 9.53 Å². The molecular weight excluding hydrogens is 388 g/mol. The van der Waals surface area contributed by atoms with Crippen molar-refractivity contribution in [2.45, 2.75) is 6.61 Å². The standard InChI is InChI=1S/C14H12Br2N2O2/c15-11-5-10(17)6-12(16)13(11)20-7-8-1-3-9(4-2-8)14(18)19/h1-6H,7,17H2,(H2,18,19). The number of ether oxygens (including phenoxy) is 1. The van der Waals surface area contributed by atoms with E-state index in [4.69, 9.17) is 16.2 Å². The summed E-state index contributed by atoms with van der Waals surface area (Å²) in [5.41, 5.74) is 13.0. The van der Waals surface area contributed by atoms with Gasteiger partial charge in [0.1, 0.15) is 12.4 Å². The Morgan fingerprint density at radius 1 is 1.10 bits per heavy atom. The number of primary amides is 1. The number of nitrogens with two attached hydrogens (primary N) is 2. The third kappa shape index (κ3) is 3.52. The highest BCUT2D eigenvalue weighted by Crippen LogP contribution is 2.36. The average Bonchev–Trinajstić information content (AvgIpc) is 2.38. The highest BCUT2D eigenvalue weighted by Gasteiger charge is 2.08. The fraction of sp³-hybridized carbons (Fsp3) is 0.0714. The summed E-state index contributed by atoms with van der Waals surface area (Å²) in [6.45, 7) is 0.375. The van der Waals surface area contributed by atoms with Crippen LogP contribution in [0.2, 0.25) is 0 Å². The molecule has 20 heavy (non-hydrogen) atoms. The van der Waals surface area contributed by atoms with E-state index in [2.05, 4.69) is 31.9 Å². The van der Waals surface area contributed by atoms with Crippen molar-refractivity contribution in [2.24, 2.45) is 5.73 Å². The molecule has 4 nitrogen and oxygen atoms in total. The van der Waals surface area contributed by atoms with Gasteiger partial charge in [0, 0.05) is 11.3 Å². The largest absolute Gasteiger partial charge is 0.487 e. The molecule has 0 radical (unpaired) electrons. The Kier molecular flexibility index (Phi) is 4.67. The lowest BCUT2D eigenvalue weighted by Gasteiger charge is -2.11. The normalized spacial score (nSPS) is 10.3. The van der Waals surface area contributed by atoms with Crippen LogP contribution < -0.4 is 16.2 Å². The summed E-state index contributed by atoms with van der Waals surface area (Å²) in [7, 11) is 0. The Labute approximate surface area is 133 Å². The molecule has 4 N–H and O–H groups in total. The van der Waals surface area contributed by atoms with E-state index >= 15 is 0 Å². The number of carbonyl (C=O) groups is 1. The molecular formula is C14H12Br2N2O2. The minimum absolute atomic E-state index is 0.375. The van der Waals surface area contributed by atoms with Gasteiger partial charge in [0.15, 0.2) is 0 Å². The molecule has 0 aliphatic rings. The number of halogens is 2. The Balaban J connectivity index is 2.11. The van der Waals surface area contributed by atoms with E-state index in [9.17, 15) is 4.79 Å². The van der Waals surface area contributed by atoms with Crippen LogP contribution in [0.25, 0.3) is 0 Å². The number of anilines is 1. The summed E-state index contributed by atoms with van der Waals surface area (Å²) in [5.74, 6) is 0.236. The van der Waals surface area contributed by atoms with Crippen LogP contribution in [0.4, 0.5) is 5.69 Å². The first kappa shape index (κ1) is 14.9. The molecule has 2 aromatic rings. The lowest BCUT2D eigenvalue weighted by molar-refractivity contribution is 0.1000. The summed E-state index contributed by atoms with van der Waals surface area (Å²) in [4.78, 5) is 11.0. The van der Waals surface area contributed by atoms with Gasteiger partial charge in [-0.3, -0.25) is 4.79 Å². The number of rotatable bonds is 4. The van der Waals surface area contributed by atoms with Crippen LogP contribution in [-0.4, -0.2) is 5.91 Å². The van der Waals surface area contributed by atoms with Gasteiger partial charge in [-0.25, -0.2) is 0 Å². The molecule has 0 saturated heterocycles. The van der Waals surface area contributed by atoms with E-state index in [1.165, 1.54) is 0 Å². The van der Waals surface area contributed by atoms with Crippen molar-refractivity contribution >= 4 is 43.5 Å². The zero-order valence-electron chi connectivity index (χ0n) is 10.4. The first-order valence-electron chi connectivity index (χ1n) is 5.73. The van der Waals surface area contributed by atoms with Gasteiger partial charge in [-0.2, -0.15) is 0 Å². The number of amides is 1. The lowest BCUT2D eigenvalue weighted by Crippen LogP contribution is -2.10. The van der Waals surface area contributed by atoms with Crippen LogP contribution in [0.1, 0.15) is 15.9 Å². The van der Waals surface area contributed by atoms with E-state index in [1.54, 1.807) is 36.4 Å². The van der Waals surface area contributed by atoms with E-state index in [0.717, 1.165) is 14.5 Å². The first-order chi connectivity index (χ1) is 9.47. The van der Waals surface area contributed by atoms with Crippen LogP contribution in [0.3, 0.4) is 0 Å². The van der Waals surface area contributed by atoms with Gasteiger partial charge in [0.25, 0.3) is 0 Å². The lowest BCUT2D eigenvalue weighted by atomic mass is 10.1. The molecule has 0 bridgehead atoms. The minimum Gasteiger partial charge on any atom is -0.487 e. The Morgan fingerprint density at radius 2 is 1.65 bits per heavy atom. The predicted octanol–water partition coefficient (Wildman–Crippen LogP) is 3.47. The summed E-state index contributed by atoms with van der Waals surface area (Å²) in [6, 6.07) is 10.5. The van der Waals surface area contributed by atoms with Crippen LogP contribution in [0, 0.1) is 0 Å². The number of benzene rings is 2. The molecule has 2 aromatic carbocycles. The quantitative estimate of drug-likeness (QED) is 0.772. The van der Waals surface area contributed by atoms with Crippen molar-refractivity contribution in [1.82, 2.24) is 0 Å².